The molecule has 1 aliphatic heterocycles. The number of allylic oxidation sites excluding steroid dienone is 1. The Kier molecular flexibility index (Phi) is 7.68. The summed E-state index contributed by atoms with van der Waals surface area (Å²) in [6.07, 6.45) is -1.29. The molecule has 15 heteroatoms. The van der Waals surface area contributed by atoms with Gasteiger partial charge in [0.2, 0.25) is 17.7 Å². The Morgan fingerprint density at radius 3 is 2.35 bits per heavy atom. The Bertz CT molecular complexity index is 962. The number of nitrogens with one attached hydrogen (secondary N) is 2. The first kappa shape index (κ1) is 23.8. The molecule has 0 saturated heterocycles. The van der Waals surface area contributed by atoms with Crippen LogP contribution in [0, 0.1) is 0 Å². The first-order valence-electron chi connectivity index (χ1n) is 8.68. The van der Waals surface area contributed by atoms with Gasteiger partial charge in [0.1, 0.15) is 6.17 Å². The second kappa shape index (κ2) is 10.0. The number of esters is 1. The van der Waals surface area contributed by atoms with Crippen LogP contribution in [0.5, 0.6) is 11.8 Å². The van der Waals surface area contributed by atoms with Crippen LogP contribution in [0.25, 0.3) is 0 Å². The molecule has 3 atom stereocenters. The van der Waals surface area contributed by atoms with E-state index in [1.807, 2.05) is 0 Å². The number of urea groups is 1. The summed E-state index contributed by atoms with van der Waals surface area (Å²) >= 11 is 0. The van der Waals surface area contributed by atoms with E-state index in [1.54, 1.807) is 4.72 Å². The number of carbonyl (C=O) groups excluding carboxylic acids is 2. The Labute approximate surface area is 177 Å². The molecule has 0 radical (unpaired) electrons. The van der Waals surface area contributed by atoms with Crippen LogP contribution in [0.3, 0.4) is 0 Å². The SMILES string of the molecule is COc1cc(OC)nc(NC(=O)NS(=O)(=O)N2C=CC=NC2C(OC(C)=O)C(C)F)n1. The summed E-state index contributed by atoms with van der Waals surface area (Å²) in [6, 6.07) is 0.114. The zero-order chi connectivity index (χ0) is 23.2. The van der Waals surface area contributed by atoms with Gasteiger partial charge in [-0.2, -0.15) is 18.4 Å². The Morgan fingerprint density at radius 2 is 1.84 bits per heavy atom. The molecular weight excluding hydrogens is 439 g/mol. The third-order valence-corrected chi connectivity index (χ3v) is 5.03. The van der Waals surface area contributed by atoms with Gasteiger partial charge < -0.3 is 14.2 Å². The fourth-order valence-electron chi connectivity index (χ4n) is 2.42. The lowest BCUT2D eigenvalue weighted by Crippen LogP contribution is -2.53. The standard InChI is InChI=1S/C16H21FN6O7S/c1-9(17)13(30-10(2)24)14-18-6-5-7-23(14)31(26,27)22-16(25)21-15-19-11(28-3)8-12(20-15)29-4/h5-9,13-14H,1-4H3,(H2,19,20,21,22,25). The number of aliphatic imine (C=N–C) groups is 1. The van der Waals surface area contributed by atoms with Gasteiger partial charge in [0, 0.05) is 19.3 Å². The van der Waals surface area contributed by atoms with Crippen molar-refractivity contribution in [2.75, 3.05) is 19.5 Å². The number of rotatable bonds is 8. The molecule has 0 fully saturated rings. The molecule has 2 heterocycles. The second-order valence-electron chi connectivity index (χ2n) is 5.97. The van der Waals surface area contributed by atoms with Gasteiger partial charge in [-0.3, -0.25) is 15.1 Å². The Hall–Kier alpha value is -3.49. The van der Waals surface area contributed by atoms with Crippen LogP contribution in [0.4, 0.5) is 15.1 Å². The van der Waals surface area contributed by atoms with E-state index >= 15 is 0 Å². The summed E-state index contributed by atoms with van der Waals surface area (Å²) in [5, 5.41) is 2.13. The van der Waals surface area contributed by atoms with Gasteiger partial charge in [-0.25, -0.2) is 18.2 Å². The number of ether oxygens (including phenoxy) is 3. The van der Waals surface area contributed by atoms with Crippen LogP contribution in [0.15, 0.2) is 23.3 Å². The zero-order valence-electron chi connectivity index (χ0n) is 17.0. The fraction of sp³-hybridized carbons (Fsp3) is 0.438. The lowest BCUT2D eigenvalue weighted by Gasteiger charge is -2.33. The molecule has 0 spiro atoms. The van der Waals surface area contributed by atoms with Gasteiger partial charge in [-0.05, 0) is 13.0 Å². The molecule has 2 amide bonds. The van der Waals surface area contributed by atoms with Crippen LogP contribution >= 0.6 is 0 Å². The molecule has 0 aromatic carbocycles. The lowest BCUT2D eigenvalue weighted by molar-refractivity contribution is -0.152. The molecule has 170 valence electrons. The van der Waals surface area contributed by atoms with Crippen molar-refractivity contribution in [1.82, 2.24) is 19.0 Å². The summed E-state index contributed by atoms with van der Waals surface area (Å²) in [4.78, 5) is 35.1. The van der Waals surface area contributed by atoms with Crippen LogP contribution in [0.1, 0.15) is 13.8 Å². The van der Waals surface area contributed by atoms with E-state index in [1.165, 1.54) is 32.6 Å². The van der Waals surface area contributed by atoms with Gasteiger partial charge in [0.05, 0.1) is 20.3 Å². The van der Waals surface area contributed by atoms with Crippen LogP contribution in [-0.4, -0.2) is 73.6 Å². The molecule has 1 aromatic heterocycles. The van der Waals surface area contributed by atoms with E-state index < -0.39 is 40.7 Å². The number of amides is 2. The van der Waals surface area contributed by atoms with Crippen molar-refractivity contribution < 1.29 is 36.6 Å². The zero-order valence-corrected chi connectivity index (χ0v) is 17.8. The molecule has 2 N–H and O–H groups in total. The van der Waals surface area contributed by atoms with Crippen molar-refractivity contribution >= 4 is 34.4 Å². The highest BCUT2D eigenvalue weighted by Crippen LogP contribution is 2.21. The monoisotopic (exact) mass is 460 g/mol. The average molecular weight is 460 g/mol. The third kappa shape index (κ3) is 6.24. The van der Waals surface area contributed by atoms with Crippen molar-refractivity contribution in [3.63, 3.8) is 0 Å². The number of hydrogen-bond donors (Lipinski definition) is 2. The molecule has 0 saturated carbocycles. The number of hydrogen-bond acceptors (Lipinski definition) is 10. The van der Waals surface area contributed by atoms with E-state index in [0.717, 1.165) is 20.0 Å². The molecule has 1 aliphatic rings. The topological polar surface area (TPSA) is 161 Å². The highest BCUT2D eigenvalue weighted by atomic mass is 32.2. The number of aromatic nitrogens is 2. The van der Waals surface area contributed by atoms with Gasteiger partial charge >= 0.3 is 22.2 Å². The normalized spacial score (nSPS) is 17.5. The predicted octanol–water partition coefficient (Wildman–Crippen LogP) is 0.376. The van der Waals surface area contributed by atoms with E-state index in [-0.39, 0.29) is 17.7 Å². The summed E-state index contributed by atoms with van der Waals surface area (Å²) < 4.78 is 56.5. The van der Waals surface area contributed by atoms with Crippen molar-refractivity contribution in [2.24, 2.45) is 4.99 Å². The molecule has 2 rings (SSSR count). The minimum atomic E-state index is -4.60. The summed E-state index contributed by atoms with van der Waals surface area (Å²) in [5.74, 6) is -1.02. The quantitative estimate of drug-likeness (QED) is 0.522. The number of methoxy groups -OCH3 is 2. The van der Waals surface area contributed by atoms with Crippen LogP contribution in [-0.2, 0) is 19.7 Å². The first-order valence-corrected chi connectivity index (χ1v) is 10.1. The second-order valence-corrected chi connectivity index (χ2v) is 7.55. The summed E-state index contributed by atoms with van der Waals surface area (Å²) in [5.41, 5.74) is 0. The van der Waals surface area contributed by atoms with Gasteiger partial charge in [-0.15, -0.1) is 0 Å². The highest BCUT2D eigenvalue weighted by Gasteiger charge is 2.39. The number of carbonyl (C=O) groups is 2. The van der Waals surface area contributed by atoms with Crippen LogP contribution in [0.2, 0.25) is 0 Å². The maximum Gasteiger partial charge on any atom is 0.336 e. The highest BCUT2D eigenvalue weighted by molar-refractivity contribution is 7.87. The molecule has 0 bridgehead atoms. The van der Waals surface area contributed by atoms with E-state index in [4.69, 9.17) is 14.2 Å². The molecule has 31 heavy (non-hydrogen) atoms. The summed E-state index contributed by atoms with van der Waals surface area (Å²) in [6.45, 7) is 2.13. The first-order chi connectivity index (χ1) is 14.6. The van der Waals surface area contributed by atoms with Gasteiger partial charge in [0.25, 0.3) is 0 Å². The number of nitrogens with zero attached hydrogens (tertiary/aromatic N) is 4. The summed E-state index contributed by atoms with van der Waals surface area (Å²) in [7, 11) is -1.95. The minimum absolute atomic E-state index is 0.0551. The van der Waals surface area contributed by atoms with E-state index in [9.17, 15) is 22.4 Å². The molecule has 0 aliphatic carbocycles. The third-order valence-electron chi connectivity index (χ3n) is 3.69. The van der Waals surface area contributed by atoms with Gasteiger partial charge in [0.15, 0.2) is 12.3 Å². The Balaban J connectivity index is 2.21. The molecular formula is C16H21FN6O7S. The largest absolute Gasteiger partial charge is 0.481 e. The number of halogens is 1. The lowest BCUT2D eigenvalue weighted by atomic mass is 10.2. The van der Waals surface area contributed by atoms with E-state index in [2.05, 4.69) is 20.3 Å². The maximum absolute atomic E-state index is 14.0. The molecule has 1 aromatic rings. The maximum atomic E-state index is 14.0. The van der Waals surface area contributed by atoms with Crippen molar-refractivity contribution in [3.8, 4) is 11.8 Å². The smallest absolute Gasteiger partial charge is 0.336 e. The van der Waals surface area contributed by atoms with E-state index in [0.29, 0.717) is 4.31 Å². The average Bonchev–Trinajstić information content (AvgIpc) is 2.70. The van der Waals surface area contributed by atoms with Crippen LogP contribution < -0.4 is 19.5 Å². The molecule has 3 unspecified atom stereocenters. The van der Waals surface area contributed by atoms with Crippen molar-refractivity contribution in [1.29, 1.82) is 0 Å². The minimum Gasteiger partial charge on any atom is -0.481 e. The number of anilines is 1. The fourth-order valence-corrected chi connectivity index (χ4v) is 3.50. The molecule has 13 nitrogen and oxygen atoms in total. The number of alkyl halides is 1. The Morgan fingerprint density at radius 1 is 1.23 bits per heavy atom. The predicted molar refractivity (Wildman–Crippen MR) is 106 cm³/mol. The van der Waals surface area contributed by atoms with Crippen molar-refractivity contribution in [3.05, 3.63) is 18.3 Å². The van der Waals surface area contributed by atoms with Crippen molar-refractivity contribution in [2.45, 2.75) is 32.3 Å². The van der Waals surface area contributed by atoms with Gasteiger partial charge in [-0.1, -0.05) is 0 Å².